The molecule has 7 heteroatoms. The molecule has 0 spiro atoms. The van der Waals surface area contributed by atoms with Crippen molar-refractivity contribution in [2.45, 2.75) is 44.5 Å². The van der Waals surface area contributed by atoms with Crippen molar-refractivity contribution >= 4 is 5.91 Å². The Kier molecular flexibility index (Phi) is 4.27. The largest absolute Gasteiger partial charge is 0.419 e. The molecule has 0 aliphatic carbocycles. The van der Waals surface area contributed by atoms with Gasteiger partial charge in [-0.25, -0.2) is 0 Å². The van der Waals surface area contributed by atoms with Crippen LogP contribution in [0.15, 0.2) is 0 Å². The predicted octanol–water partition coefficient (Wildman–Crippen LogP) is 0.885. The first-order valence-corrected chi connectivity index (χ1v) is 5.90. The second-order valence-electron chi connectivity index (χ2n) is 5.28. The van der Waals surface area contributed by atoms with Crippen molar-refractivity contribution in [1.82, 2.24) is 4.90 Å². The Morgan fingerprint density at radius 2 is 2.06 bits per heavy atom. The molecule has 4 nitrogen and oxygen atoms in total. The minimum atomic E-state index is -4.72. The zero-order valence-electron chi connectivity index (χ0n) is 10.5. The van der Waals surface area contributed by atoms with E-state index < -0.39 is 36.7 Å². The molecular formula is C11H19F3N2O2. The molecule has 1 amide bonds. The van der Waals surface area contributed by atoms with Gasteiger partial charge in [0.05, 0.1) is 12.6 Å². The van der Waals surface area contributed by atoms with Crippen LogP contribution in [0.25, 0.3) is 0 Å². The van der Waals surface area contributed by atoms with E-state index in [4.69, 9.17) is 5.73 Å². The molecule has 1 heterocycles. The minimum absolute atomic E-state index is 0.110. The molecule has 0 saturated carbocycles. The summed E-state index contributed by atoms with van der Waals surface area (Å²) in [7, 11) is 0. The van der Waals surface area contributed by atoms with E-state index in [0.29, 0.717) is 6.42 Å². The van der Waals surface area contributed by atoms with Gasteiger partial charge < -0.3 is 15.7 Å². The first-order chi connectivity index (χ1) is 8.07. The maximum Gasteiger partial charge on any atom is 0.419 e. The van der Waals surface area contributed by atoms with Crippen molar-refractivity contribution in [2.24, 2.45) is 11.7 Å². The number of halogens is 3. The summed E-state index contributed by atoms with van der Waals surface area (Å²) in [6.07, 6.45) is -4.79. The van der Waals surface area contributed by atoms with Crippen LogP contribution in [0.4, 0.5) is 13.2 Å². The quantitative estimate of drug-likeness (QED) is 0.798. The number of nitrogens with zero attached hydrogens (tertiary/aromatic N) is 1. The summed E-state index contributed by atoms with van der Waals surface area (Å²) in [5.41, 5.74) is 2.85. The van der Waals surface area contributed by atoms with Crippen molar-refractivity contribution in [2.75, 3.05) is 13.1 Å². The van der Waals surface area contributed by atoms with Crippen LogP contribution in [-0.2, 0) is 4.79 Å². The maximum absolute atomic E-state index is 12.6. The normalized spacial score (nSPS) is 26.8. The molecule has 0 bridgehead atoms. The van der Waals surface area contributed by atoms with Crippen LogP contribution in [0, 0.1) is 5.92 Å². The van der Waals surface area contributed by atoms with E-state index in [0.717, 1.165) is 4.90 Å². The number of β-amino-alcohol motifs (C(OH)–C–C–N with tert-alkyl or cyclic N) is 1. The predicted molar refractivity (Wildman–Crippen MR) is 59.6 cm³/mol. The number of amides is 1. The first kappa shape index (κ1) is 15.2. The van der Waals surface area contributed by atoms with Gasteiger partial charge in [0.15, 0.2) is 5.60 Å². The summed E-state index contributed by atoms with van der Waals surface area (Å²) < 4.78 is 37.7. The smallest absolute Gasteiger partial charge is 0.379 e. The molecule has 0 aromatic rings. The fourth-order valence-electron chi connectivity index (χ4n) is 2.06. The van der Waals surface area contributed by atoms with Crippen LogP contribution in [-0.4, -0.2) is 46.8 Å². The third-order valence-corrected chi connectivity index (χ3v) is 3.13. The average molecular weight is 268 g/mol. The van der Waals surface area contributed by atoms with E-state index in [1.165, 1.54) is 0 Å². The van der Waals surface area contributed by atoms with Gasteiger partial charge in [-0.15, -0.1) is 0 Å². The summed E-state index contributed by atoms with van der Waals surface area (Å²) in [5, 5.41) is 9.45. The lowest BCUT2D eigenvalue weighted by molar-refractivity contribution is -0.253. The number of likely N-dealkylation sites (tertiary alicyclic amines) is 1. The summed E-state index contributed by atoms with van der Waals surface area (Å²) in [4.78, 5) is 12.8. The van der Waals surface area contributed by atoms with Gasteiger partial charge in [-0.1, -0.05) is 13.8 Å². The Labute approximate surface area is 104 Å². The van der Waals surface area contributed by atoms with Crippen molar-refractivity contribution in [1.29, 1.82) is 0 Å². The van der Waals surface area contributed by atoms with E-state index in [9.17, 15) is 23.1 Å². The van der Waals surface area contributed by atoms with Gasteiger partial charge >= 0.3 is 6.18 Å². The van der Waals surface area contributed by atoms with Crippen LogP contribution in [0.5, 0.6) is 0 Å². The highest BCUT2D eigenvalue weighted by Crippen LogP contribution is 2.37. The van der Waals surface area contributed by atoms with Crippen LogP contribution in [0.2, 0.25) is 0 Å². The molecule has 0 aromatic heterocycles. The highest BCUT2D eigenvalue weighted by molar-refractivity contribution is 5.82. The first-order valence-electron chi connectivity index (χ1n) is 5.90. The summed E-state index contributed by atoms with van der Waals surface area (Å²) in [5.74, 6) is -0.336. The molecule has 1 aliphatic heterocycles. The SMILES string of the molecule is CC(C)C[C@H](N)C(=O)N1CCC(O)(C(F)(F)F)C1. The summed E-state index contributed by atoms with van der Waals surface area (Å²) in [6.45, 7) is 2.92. The third-order valence-electron chi connectivity index (χ3n) is 3.13. The standard InChI is InChI=1S/C11H19F3N2O2/c1-7(2)5-8(15)9(17)16-4-3-10(18,6-16)11(12,13)14/h7-8,18H,3-6,15H2,1-2H3/t8-,10?/m0/s1. The van der Waals surface area contributed by atoms with Gasteiger partial charge in [0.25, 0.3) is 0 Å². The maximum atomic E-state index is 12.6. The lowest BCUT2D eigenvalue weighted by Crippen LogP contribution is -2.50. The van der Waals surface area contributed by atoms with Gasteiger partial charge in [-0.3, -0.25) is 4.79 Å². The molecule has 1 fully saturated rings. The van der Waals surface area contributed by atoms with Crippen molar-refractivity contribution in [3.8, 4) is 0 Å². The Bertz CT molecular complexity index is 320. The lowest BCUT2D eigenvalue weighted by Gasteiger charge is -2.27. The molecular weight excluding hydrogens is 249 g/mol. The van der Waals surface area contributed by atoms with Gasteiger partial charge in [0.2, 0.25) is 5.91 Å². The topological polar surface area (TPSA) is 66.6 Å². The summed E-state index contributed by atoms with van der Waals surface area (Å²) >= 11 is 0. The van der Waals surface area contributed by atoms with E-state index >= 15 is 0 Å². The van der Waals surface area contributed by atoms with Gasteiger partial charge in [0.1, 0.15) is 0 Å². The van der Waals surface area contributed by atoms with E-state index in [1.807, 2.05) is 13.8 Å². The molecule has 1 rings (SSSR count). The molecule has 0 aromatic carbocycles. The number of rotatable bonds is 3. The van der Waals surface area contributed by atoms with E-state index in [-0.39, 0.29) is 12.5 Å². The molecule has 1 saturated heterocycles. The molecule has 1 aliphatic rings. The van der Waals surface area contributed by atoms with Crippen LogP contribution >= 0.6 is 0 Å². The minimum Gasteiger partial charge on any atom is -0.379 e. The number of hydrogen-bond donors (Lipinski definition) is 2. The Morgan fingerprint density at radius 1 is 1.50 bits per heavy atom. The van der Waals surface area contributed by atoms with E-state index in [1.54, 1.807) is 0 Å². The number of carbonyl (C=O) groups is 1. The molecule has 1 unspecified atom stereocenters. The highest BCUT2D eigenvalue weighted by Gasteiger charge is 2.57. The second-order valence-corrected chi connectivity index (χ2v) is 5.28. The molecule has 0 radical (unpaired) electrons. The fraction of sp³-hybridized carbons (Fsp3) is 0.909. The van der Waals surface area contributed by atoms with Crippen molar-refractivity contribution in [3.63, 3.8) is 0 Å². The fourth-order valence-corrected chi connectivity index (χ4v) is 2.06. The number of aliphatic hydroxyl groups is 1. The summed E-state index contributed by atoms with van der Waals surface area (Å²) in [6, 6.07) is -0.805. The number of alkyl halides is 3. The van der Waals surface area contributed by atoms with E-state index in [2.05, 4.69) is 0 Å². The Morgan fingerprint density at radius 3 is 2.44 bits per heavy atom. The zero-order chi connectivity index (χ0) is 14.1. The number of carbonyl (C=O) groups excluding carboxylic acids is 1. The molecule has 18 heavy (non-hydrogen) atoms. The van der Waals surface area contributed by atoms with Gasteiger partial charge in [0, 0.05) is 13.0 Å². The molecule has 2 atom stereocenters. The number of hydrogen-bond acceptors (Lipinski definition) is 3. The van der Waals surface area contributed by atoms with Gasteiger partial charge in [-0.2, -0.15) is 13.2 Å². The van der Waals surface area contributed by atoms with Crippen LogP contribution in [0.1, 0.15) is 26.7 Å². The average Bonchev–Trinajstić information content (AvgIpc) is 2.59. The van der Waals surface area contributed by atoms with Crippen molar-refractivity contribution < 1.29 is 23.1 Å². The third kappa shape index (κ3) is 3.14. The lowest BCUT2D eigenvalue weighted by atomic mass is 10.0. The van der Waals surface area contributed by atoms with Crippen molar-refractivity contribution in [3.05, 3.63) is 0 Å². The Hall–Kier alpha value is -0.820. The highest BCUT2D eigenvalue weighted by atomic mass is 19.4. The van der Waals surface area contributed by atoms with Crippen LogP contribution in [0.3, 0.4) is 0 Å². The molecule has 106 valence electrons. The monoisotopic (exact) mass is 268 g/mol. The number of nitrogens with two attached hydrogens (primary N) is 1. The zero-order valence-corrected chi connectivity index (χ0v) is 10.5. The van der Waals surface area contributed by atoms with Gasteiger partial charge in [-0.05, 0) is 12.3 Å². The molecule has 3 N–H and O–H groups in total. The van der Waals surface area contributed by atoms with Crippen LogP contribution < -0.4 is 5.73 Å². The second kappa shape index (κ2) is 5.05. The Balaban J connectivity index is 2.64.